The molecule has 2 heterocycles. The highest BCUT2D eigenvalue weighted by Gasteiger charge is 2.27. The molecule has 0 fully saturated rings. The Morgan fingerprint density at radius 3 is 2.15 bits per heavy atom. The number of para-hydroxylation sites is 1. The van der Waals surface area contributed by atoms with Crippen molar-refractivity contribution < 1.29 is 4.79 Å². The van der Waals surface area contributed by atoms with Gasteiger partial charge >= 0.3 is 0 Å². The van der Waals surface area contributed by atoms with E-state index in [1.807, 2.05) is 84.9 Å². The van der Waals surface area contributed by atoms with Crippen molar-refractivity contribution in [3.63, 3.8) is 0 Å². The lowest BCUT2D eigenvalue weighted by Gasteiger charge is -2.31. The van der Waals surface area contributed by atoms with Gasteiger partial charge in [0.15, 0.2) is 0 Å². The van der Waals surface area contributed by atoms with Crippen LogP contribution in [0.1, 0.15) is 52.1 Å². The molecule has 1 atom stereocenters. The maximum atomic E-state index is 14.3. The third-order valence-corrected chi connectivity index (χ3v) is 7.93. The van der Waals surface area contributed by atoms with Gasteiger partial charge in [0.25, 0.3) is 11.5 Å². The summed E-state index contributed by atoms with van der Waals surface area (Å²) < 4.78 is 1.75. The largest absolute Gasteiger partial charge is 0.345 e. The number of hydrogen-bond acceptors (Lipinski definition) is 3. The second kappa shape index (κ2) is 11.3. The van der Waals surface area contributed by atoms with E-state index < -0.39 is 0 Å². The minimum atomic E-state index is -0.163. The van der Waals surface area contributed by atoms with Gasteiger partial charge in [0.2, 0.25) is 0 Å². The molecule has 6 rings (SSSR count). The van der Waals surface area contributed by atoms with Crippen LogP contribution in [0.25, 0.3) is 16.5 Å². The zero-order valence-electron chi connectivity index (χ0n) is 22.7. The smallest absolute Gasteiger partial charge is 0.263 e. The molecule has 1 aromatic heterocycles. The lowest BCUT2D eigenvalue weighted by atomic mass is 9.97. The van der Waals surface area contributed by atoms with Crippen LogP contribution in [0, 0.1) is 0 Å². The normalized spacial score (nSPS) is 14.0. The predicted octanol–water partition coefficient (Wildman–Crippen LogP) is 6.43. The quantitative estimate of drug-likeness (QED) is 0.265. The van der Waals surface area contributed by atoms with Gasteiger partial charge in [0, 0.05) is 36.1 Å². The Hall–Kier alpha value is -4.48. The maximum absolute atomic E-state index is 14.3. The molecule has 0 saturated carbocycles. The van der Waals surface area contributed by atoms with Crippen LogP contribution in [-0.4, -0.2) is 21.9 Å². The Bertz CT molecular complexity index is 1710. The molecule has 0 radical (unpaired) electrons. The number of nitrogens with zero attached hydrogens (tertiary/aromatic N) is 2. The summed E-state index contributed by atoms with van der Waals surface area (Å²) in [5, 5.41) is 4.54. The summed E-state index contributed by atoms with van der Waals surface area (Å²) in [5.41, 5.74) is 5.65. The van der Waals surface area contributed by atoms with Gasteiger partial charge in [0.05, 0.1) is 17.3 Å². The number of amides is 1. The molecule has 0 saturated heterocycles. The van der Waals surface area contributed by atoms with Crippen LogP contribution in [0.2, 0.25) is 0 Å². The van der Waals surface area contributed by atoms with Crippen molar-refractivity contribution in [1.82, 2.24) is 14.8 Å². The molecule has 0 bridgehead atoms. The van der Waals surface area contributed by atoms with Crippen LogP contribution in [0.5, 0.6) is 0 Å². The van der Waals surface area contributed by atoms with E-state index >= 15 is 0 Å². The van der Waals surface area contributed by atoms with Gasteiger partial charge in [-0.2, -0.15) is 0 Å². The Kier molecular flexibility index (Phi) is 7.30. The SMILES string of the molecule is CC[C@H](NC(=O)c1c(CN2CCc3ccccc3C2)n(-c2ccccc2)c(=O)c2ccccc12)c1ccccc1. The first-order valence-corrected chi connectivity index (χ1v) is 14.0. The van der Waals surface area contributed by atoms with Crippen molar-refractivity contribution in [1.29, 1.82) is 0 Å². The van der Waals surface area contributed by atoms with Crippen LogP contribution in [-0.2, 0) is 19.5 Å². The van der Waals surface area contributed by atoms with Crippen LogP contribution in [0.4, 0.5) is 0 Å². The Labute approximate surface area is 234 Å². The Morgan fingerprint density at radius 1 is 0.800 bits per heavy atom. The third kappa shape index (κ3) is 4.96. The first-order chi connectivity index (χ1) is 19.6. The minimum Gasteiger partial charge on any atom is -0.345 e. The predicted molar refractivity (Wildman–Crippen MR) is 161 cm³/mol. The molecule has 1 aliphatic heterocycles. The minimum absolute atomic E-state index is 0.110. The van der Waals surface area contributed by atoms with Crippen molar-refractivity contribution in [2.45, 2.75) is 38.9 Å². The first kappa shape index (κ1) is 25.8. The maximum Gasteiger partial charge on any atom is 0.263 e. The fourth-order valence-corrected chi connectivity index (χ4v) is 5.89. The van der Waals surface area contributed by atoms with Crippen LogP contribution in [0.15, 0.2) is 114 Å². The van der Waals surface area contributed by atoms with E-state index in [9.17, 15) is 9.59 Å². The molecule has 4 aromatic carbocycles. The van der Waals surface area contributed by atoms with Gasteiger partial charge in [-0.05, 0) is 47.7 Å². The molecule has 0 unspecified atom stereocenters. The molecule has 5 aromatic rings. The van der Waals surface area contributed by atoms with Gasteiger partial charge in [0.1, 0.15) is 0 Å². The fourth-order valence-electron chi connectivity index (χ4n) is 5.89. The molecule has 1 aliphatic rings. The summed E-state index contributed by atoms with van der Waals surface area (Å²) in [6.07, 6.45) is 1.69. The lowest BCUT2D eigenvalue weighted by molar-refractivity contribution is 0.0934. The van der Waals surface area contributed by atoms with Crippen molar-refractivity contribution in [2.24, 2.45) is 0 Å². The van der Waals surface area contributed by atoms with Gasteiger partial charge < -0.3 is 5.32 Å². The Morgan fingerprint density at radius 2 is 1.43 bits per heavy atom. The fraction of sp³-hybridized carbons (Fsp3) is 0.200. The monoisotopic (exact) mass is 527 g/mol. The summed E-state index contributed by atoms with van der Waals surface area (Å²) in [6.45, 7) is 4.19. The van der Waals surface area contributed by atoms with Crippen molar-refractivity contribution in [3.8, 4) is 5.69 Å². The van der Waals surface area contributed by atoms with Crippen molar-refractivity contribution >= 4 is 16.7 Å². The molecule has 0 spiro atoms. The highest BCUT2D eigenvalue weighted by Crippen LogP contribution is 2.28. The van der Waals surface area contributed by atoms with Gasteiger partial charge in [-0.25, -0.2) is 0 Å². The summed E-state index contributed by atoms with van der Waals surface area (Å²) in [6, 6.07) is 35.6. The molecule has 40 heavy (non-hydrogen) atoms. The summed E-state index contributed by atoms with van der Waals surface area (Å²) in [5.74, 6) is -0.163. The average Bonchev–Trinajstić information content (AvgIpc) is 3.01. The van der Waals surface area contributed by atoms with E-state index in [0.29, 0.717) is 22.9 Å². The first-order valence-electron chi connectivity index (χ1n) is 14.0. The molecule has 5 heteroatoms. The van der Waals surface area contributed by atoms with E-state index in [-0.39, 0.29) is 17.5 Å². The van der Waals surface area contributed by atoms with E-state index in [2.05, 4.69) is 41.4 Å². The van der Waals surface area contributed by atoms with Crippen LogP contribution >= 0.6 is 0 Å². The number of pyridine rings is 1. The number of aromatic nitrogens is 1. The van der Waals surface area contributed by atoms with Crippen LogP contribution in [0.3, 0.4) is 0 Å². The zero-order valence-corrected chi connectivity index (χ0v) is 22.7. The molecule has 1 N–H and O–H groups in total. The van der Waals surface area contributed by atoms with E-state index in [4.69, 9.17) is 0 Å². The number of carbonyl (C=O) groups is 1. The van der Waals surface area contributed by atoms with E-state index in [0.717, 1.165) is 42.9 Å². The lowest BCUT2D eigenvalue weighted by Crippen LogP contribution is -2.37. The number of benzene rings is 4. The van der Waals surface area contributed by atoms with Crippen molar-refractivity contribution in [2.75, 3.05) is 6.54 Å². The van der Waals surface area contributed by atoms with Gasteiger partial charge in [-0.15, -0.1) is 0 Å². The highest BCUT2D eigenvalue weighted by atomic mass is 16.2. The number of nitrogens with one attached hydrogen (secondary N) is 1. The number of hydrogen-bond donors (Lipinski definition) is 1. The second-order valence-electron chi connectivity index (χ2n) is 10.4. The molecule has 0 aliphatic carbocycles. The summed E-state index contributed by atoms with van der Waals surface area (Å²) in [4.78, 5) is 30.7. The van der Waals surface area contributed by atoms with E-state index in [1.165, 1.54) is 11.1 Å². The number of rotatable bonds is 7. The molecular weight excluding hydrogens is 494 g/mol. The summed E-state index contributed by atoms with van der Waals surface area (Å²) >= 11 is 0. The number of fused-ring (bicyclic) bond motifs is 2. The highest BCUT2D eigenvalue weighted by molar-refractivity contribution is 6.08. The topological polar surface area (TPSA) is 54.3 Å². The number of carbonyl (C=O) groups excluding carboxylic acids is 1. The molecular formula is C35H33N3O2. The second-order valence-corrected chi connectivity index (χ2v) is 10.4. The Balaban J connectivity index is 1.51. The average molecular weight is 528 g/mol. The molecule has 200 valence electrons. The van der Waals surface area contributed by atoms with Crippen molar-refractivity contribution in [3.05, 3.63) is 147 Å². The summed E-state index contributed by atoms with van der Waals surface area (Å²) in [7, 11) is 0. The molecule has 1 amide bonds. The van der Waals surface area contributed by atoms with Gasteiger partial charge in [-0.3, -0.25) is 19.1 Å². The van der Waals surface area contributed by atoms with E-state index in [1.54, 1.807) is 4.57 Å². The zero-order chi connectivity index (χ0) is 27.5. The third-order valence-electron chi connectivity index (χ3n) is 7.93. The van der Waals surface area contributed by atoms with Gasteiger partial charge in [-0.1, -0.05) is 97.9 Å². The van der Waals surface area contributed by atoms with Crippen LogP contribution < -0.4 is 10.9 Å². The standard InChI is InChI=1S/C35H33N3O2/c1-2-31(26-14-5-3-6-15-26)36-34(39)33-29-19-11-12-20-30(29)35(40)38(28-17-7-4-8-18-28)32(33)24-37-22-21-25-13-9-10-16-27(25)23-37/h3-20,31H,2,21-24H2,1H3,(H,36,39)/t31-/m0/s1. The molecule has 5 nitrogen and oxygen atoms in total.